The standard InChI is InChI=1S/C17H22N4O3/c1-2-23-8-6-14-11-20(10-13-5-7-18-21(13)14)17(22)15-9-16(24-19-15)12-3-4-12/h5,7,9,12,14H,2-4,6,8,10-11H2,1H3/t14-/m1/s1. The maximum atomic E-state index is 12.8. The molecule has 0 saturated heterocycles. The Balaban J connectivity index is 1.49. The third kappa shape index (κ3) is 2.96. The predicted octanol–water partition coefficient (Wildman–Crippen LogP) is 2.37. The van der Waals surface area contributed by atoms with Gasteiger partial charge in [-0.1, -0.05) is 5.16 Å². The summed E-state index contributed by atoms with van der Waals surface area (Å²) in [6, 6.07) is 3.90. The molecule has 0 aromatic carbocycles. The van der Waals surface area contributed by atoms with Gasteiger partial charge in [-0.2, -0.15) is 5.10 Å². The maximum Gasteiger partial charge on any atom is 0.276 e. The van der Waals surface area contributed by atoms with E-state index in [1.165, 1.54) is 0 Å². The molecule has 0 unspecified atom stereocenters. The minimum atomic E-state index is -0.0699. The van der Waals surface area contributed by atoms with Gasteiger partial charge in [0.25, 0.3) is 5.91 Å². The number of fused-ring (bicyclic) bond motifs is 1. The van der Waals surface area contributed by atoms with Crippen LogP contribution in [-0.2, 0) is 11.3 Å². The van der Waals surface area contributed by atoms with Gasteiger partial charge < -0.3 is 14.2 Å². The first kappa shape index (κ1) is 15.4. The SMILES string of the molecule is CCOCC[C@@H]1CN(C(=O)c2cc(C3CC3)on2)Cc2ccnn21. The van der Waals surface area contributed by atoms with Crippen molar-refractivity contribution < 1.29 is 14.1 Å². The minimum absolute atomic E-state index is 0.0699. The molecule has 128 valence electrons. The summed E-state index contributed by atoms with van der Waals surface area (Å²) in [6.45, 7) is 4.52. The largest absolute Gasteiger partial charge is 0.382 e. The van der Waals surface area contributed by atoms with Gasteiger partial charge in [-0.25, -0.2) is 0 Å². The van der Waals surface area contributed by atoms with Crippen LogP contribution in [0.4, 0.5) is 0 Å². The lowest BCUT2D eigenvalue weighted by Crippen LogP contribution is -2.41. The number of rotatable bonds is 6. The number of carbonyl (C=O) groups is 1. The Kier molecular flexibility index (Phi) is 4.10. The molecule has 0 N–H and O–H groups in total. The smallest absolute Gasteiger partial charge is 0.276 e. The Morgan fingerprint density at radius 1 is 1.46 bits per heavy atom. The molecule has 0 bridgehead atoms. The molecular weight excluding hydrogens is 308 g/mol. The first-order chi connectivity index (χ1) is 11.8. The van der Waals surface area contributed by atoms with E-state index in [4.69, 9.17) is 9.26 Å². The van der Waals surface area contributed by atoms with Crippen LogP contribution in [0.2, 0.25) is 0 Å². The lowest BCUT2D eigenvalue weighted by Gasteiger charge is -2.33. The third-order valence-corrected chi connectivity index (χ3v) is 4.70. The van der Waals surface area contributed by atoms with E-state index in [0.29, 0.717) is 37.9 Å². The molecule has 2 aliphatic rings. The van der Waals surface area contributed by atoms with Gasteiger partial charge >= 0.3 is 0 Å². The fourth-order valence-corrected chi connectivity index (χ4v) is 3.23. The second kappa shape index (κ2) is 6.39. The van der Waals surface area contributed by atoms with E-state index in [9.17, 15) is 4.79 Å². The summed E-state index contributed by atoms with van der Waals surface area (Å²) in [4.78, 5) is 14.6. The summed E-state index contributed by atoms with van der Waals surface area (Å²) in [6.07, 6.45) is 4.88. The number of amides is 1. The van der Waals surface area contributed by atoms with Crippen LogP contribution in [0, 0.1) is 0 Å². The van der Waals surface area contributed by atoms with E-state index in [1.807, 2.05) is 22.6 Å². The van der Waals surface area contributed by atoms with Crippen molar-refractivity contribution in [3.05, 3.63) is 35.5 Å². The van der Waals surface area contributed by atoms with E-state index in [1.54, 1.807) is 12.3 Å². The van der Waals surface area contributed by atoms with E-state index in [-0.39, 0.29) is 11.9 Å². The second-order valence-electron chi connectivity index (χ2n) is 6.48. The van der Waals surface area contributed by atoms with Crippen LogP contribution < -0.4 is 0 Å². The van der Waals surface area contributed by atoms with Gasteiger partial charge in [-0.05, 0) is 32.3 Å². The number of ether oxygens (including phenoxy) is 1. The summed E-state index contributed by atoms with van der Waals surface area (Å²) in [5.74, 6) is 1.23. The molecule has 7 nitrogen and oxygen atoms in total. The summed E-state index contributed by atoms with van der Waals surface area (Å²) in [5, 5.41) is 8.39. The molecule has 2 aromatic rings. The number of hydrogen-bond acceptors (Lipinski definition) is 5. The third-order valence-electron chi connectivity index (χ3n) is 4.70. The van der Waals surface area contributed by atoms with Crippen molar-refractivity contribution in [1.82, 2.24) is 19.8 Å². The van der Waals surface area contributed by atoms with Crippen molar-refractivity contribution in [3.8, 4) is 0 Å². The summed E-state index contributed by atoms with van der Waals surface area (Å²) < 4.78 is 12.8. The topological polar surface area (TPSA) is 73.4 Å². The zero-order chi connectivity index (χ0) is 16.5. The fraction of sp³-hybridized carbons (Fsp3) is 0.588. The molecule has 1 amide bonds. The van der Waals surface area contributed by atoms with Gasteiger partial charge in [0, 0.05) is 37.9 Å². The Labute approximate surface area is 140 Å². The Morgan fingerprint density at radius 3 is 3.12 bits per heavy atom. The van der Waals surface area contributed by atoms with E-state index >= 15 is 0 Å². The first-order valence-electron chi connectivity index (χ1n) is 8.62. The summed E-state index contributed by atoms with van der Waals surface area (Å²) in [7, 11) is 0. The zero-order valence-electron chi connectivity index (χ0n) is 13.9. The van der Waals surface area contributed by atoms with Crippen LogP contribution in [0.25, 0.3) is 0 Å². The maximum absolute atomic E-state index is 12.8. The van der Waals surface area contributed by atoms with E-state index in [0.717, 1.165) is 30.7 Å². The number of carbonyl (C=O) groups excluding carboxylic acids is 1. The van der Waals surface area contributed by atoms with Gasteiger partial charge in [0.15, 0.2) is 5.69 Å². The zero-order valence-corrected chi connectivity index (χ0v) is 13.9. The van der Waals surface area contributed by atoms with Gasteiger partial charge in [0.05, 0.1) is 18.3 Å². The molecule has 0 spiro atoms. The highest BCUT2D eigenvalue weighted by Gasteiger charge is 2.32. The summed E-state index contributed by atoms with van der Waals surface area (Å²) >= 11 is 0. The molecule has 3 heterocycles. The Hall–Kier alpha value is -2.15. The Bertz CT molecular complexity index is 719. The lowest BCUT2D eigenvalue weighted by molar-refractivity contribution is 0.0615. The molecule has 0 radical (unpaired) electrons. The van der Waals surface area contributed by atoms with Crippen molar-refractivity contribution >= 4 is 5.91 Å². The average Bonchev–Trinajstić information content (AvgIpc) is 3.13. The van der Waals surface area contributed by atoms with Crippen molar-refractivity contribution in [2.24, 2.45) is 0 Å². The highest BCUT2D eigenvalue weighted by molar-refractivity contribution is 5.92. The van der Waals surface area contributed by atoms with Crippen LogP contribution in [0.3, 0.4) is 0 Å². The molecule has 7 heteroatoms. The van der Waals surface area contributed by atoms with Crippen molar-refractivity contribution in [1.29, 1.82) is 0 Å². The molecule has 4 rings (SSSR count). The predicted molar refractivity (Wildman–Crippen MR) is 85.6 cm³/mol. The van der Waals surface area contributed by atoms with Crippen LogP contribution in [0.1, 0.15) is 60.1 Å². The highest BCUT2D eigenvalue weighted by Crippen LogP contribution is 2.40. The molecule has 24 heavy (non-hydrogen) atoms. The van der Waals surface area contributed by atoms with Gasteiger partial charge in [0.2, 0.25) is 0 Å². The quantitative estimate of drug-likeness (QED) is 0.760. The summed E-state index contributed by atoms with van der Waals surface area (Å²) in [5.41, 5.74) is 1.45. The number of hydrogen-bond donors (Lipinski definition) is 0. The molecular formula is C17H22N4O3. The normalized spacial score (nSPS) is 20.2. The van der Waals surface area contributed by atoms with Crippen LogP contribution >= 0.6 is 0 Å². The molecule has 2 aromatic heterocycles. The van der Waals surface area contributed by atoms with Crippen LogP contribution in [0.5, 0.6) is 0 Å². The second-order valence-corrected chi connectivity index (χ2v) is 6.48. The average molecular weight is 330 g/mol. The highest BCUT2D eigenvalue weighted by atomic mass is 16.5. The molecule has 1 aliphatic carbocycles. The van der Waals surface area contributed by atoms with Crippen molar-refractivity contribution in [3.63, 3.8) is 0 Å². The van der Waals surface area contributed by atoms with E-state index in [2.05, 4.69) is 10.3 Å². The molecule has 1 saturated carbocycles. The Morgan fingerprint density at radius 2 is 2.33 bits per heavy atom. The van der Waals surface area contributed by atoms with Crippen molar-refractivity contribution in [2.75, 3.05) is 19.8 Å². The van der Waals surface area contributed by atoms with Gasteiger partial charge in [0.1, 0.15) is 5.76 Å². The van der Waals surface area contributed by atoms with Crippen LogP contribution in [-0.4, -0.2) is 45.5 Å². The fourth-order valence-electron chi connectivity index (χ4n) is 3.23. The molecule has 1 aliphatic heterocycles. The number of aromatic nitrogens is 3. The lowest BCUT2D eigenvalue weighted by atomic mass is 10.1. The molecule has 1 atom stereocenters. The van der Waals surface area contributed by atoms with Crippen LogP contribution in [0.15, 0.2) is 22.9 Å². The van der Waals surface area contributed by atoms with Gasteiger partial charge in [-0.15, -0.1) is 0 Å². The monoisotopic (exact) mass is 330 g/mol. The first-order valence-corrected chi connectivity index (χ1v) is 8.62. The number of nitrogens with zero attached hydrogens (tertiary/aromatic N) is 4. The van der Waals surface area contributed by atoms with E-state index < -0.39 is 0 Å². The van der Waals surface area contributed by atoms with Gasteiger partial charge in [-0.3, -0.25) is 9.48 Å². The minimum Gasteiger partial charge on any atom is -0.382 e. The molecule has 1 fully saturated rings. The van der Waals surface area contributed by atoms with Crippen molar-refractivity contribution in [2.45, 2.75) is 44.7 Å².